The smallest absolute Gasteiger partial charge is 0.127 e. The van der Waals surface area contributed by atoms with E-state index in [9.17, 15) is 4.39 Å². The van der Waals surface area contributed by atoms with E-state index in [2.05, 4.69) is 0 Å². The Labute approximate surface area is 88.5 Å². The summed E-state index contributed by atoms with van der Waals surface area (Å²) in [6.07, 6.45) is 1.48. The van der Waals surface area contributed by atoms with Gasteiger partial charge in [-0.2, -0.15) is 0 Å². The first-order valence-electron chi connectivity index (χ1n) is 3.88. The molecule has 0 bridgehead atoms. The summed E-state index contributed by atoms with van der Waals surface area (Å²) in [5.41, 5.74) is 5.99. The van der Waals surface area contributed by atoms with E-state index in [1.807, 2.05) is 0 Å². The second-order valence-electron chi connectivity index (χ2n) is 2.63. The highest BCUT2D eigenvalue weighted by Crippen LogP contribution is 2.15. The molecule has 74 valence electrons. The Morgan fingerprint density at radius 2 is 2.08 bits per heavy atom. The summed E-state index contributed by atoms with van der Waals surface area (Å²) in [5, 5.41) is 0.434. The van der Waals surface area contributed by atoms with E-state index >= 15 is 0 Å². The molecule has 1 rings (SSSR count). The summed E-state index contributed by atoms with van der Waals surface area (Å²) < 4.78 is 13.0. The summed E-state index contributed by atoms with van der Waals surface area (Å²) in [5.74, 6) is -0.240. The maximum atomic E-state index is 13.0. The molecule has 0 spiro atoms. The minimum Gasteiger partial charge on any atom is -0.330 e. The Morgan fingerprint density at radius 1 is 1.38 bits per heavy atom. The molecule has 0 radical (unpaired) electrons. The van der Waals surface area contributed by atoms with Crippen LogP contribution in [0, 0.1) is 5.82 Å². The van der Waals surface area contributed by atoms with E-state index in [0.29, 0.717) is 23.6 Å². The molecule has 0 unspecified atom stereocenters. The summed E-state index contributed by atoms with van der Waals surface area (Å²) in [6, 6.07) is 4.72. The molecule has 0 aliphatic heterocycles. The second-order valence-corrected chi connectivity index (χ2v) is 3.06. The standard InChI is InChI=1S/C9H11ClFN.ClH/c10-8-4-3-7(2-1-5-12)9(11)6-8;/h3-4,6H,1-2,5,12H2;1H. The zero-order valence-electron chi connectivity index (χ0n) is 7.09. The average molecular weight is 224 g/mol. The van der Waals surface area contributed by atoms with Crippen LogP contribution in [0.2, 0.25) is 5.02 Å². The zero-order valence-corrected chi connectivity index (χ0v) is 8.67. The van der Waals surface area contributed by atoms with E-state index < -0.39 is 0 Å². The van der Waals surface area contributed by atoms with Crippen molar-refractivity contribution in [3.05, 3.63) is 34.6 Å². The van der Waals surface area contributed by atoms with Crippen molar-refractivity contribution in [2.75, 3.05) is 6.54 Å². The summed E-state index contributed by atoms with van der Waals surface area (Å²) in [7, 11) is 0. The fourth-order valence-corrected chi connectivity index (χ4v) is 1.18. The maximum absolute atomic E-state index is 13.0. The van der Waals surface area contributed by atoms with Gasteiger partial charge in [0.1, 0.15) is 5.82 Å². The highest BCUT2D eigenvalue weighted by Gasteiger charge is 2.01. The van der Waals surface area contributed by atoms with Gasteiger partial charge >= 0.3 is 0 Å². The zero-order chi connectivity index (χ0) is 8.97. The van der Waals surface area contributed by atoms with Crippen molar-refractivity contribution >= 4 is 24.0 Å². The van der Waals surface area contributed by atoms with Crippen LogP contribution in [0.1, 0.15) is 12.0 Å². The molecule has 0 saturated carbocycles. The molecule has 0 fully saturated rings. The van der Waals surface area contributed by atoms with Crippen LogP contribution in [-0.4, -0.2) is 6.54 Å². The number of aryl methyl sites for hydroxylation is 1. The van der Waals surface area contributed by atoms with E-state index in [1.165, 1.54) is 6.07 Å². The first-order chi connectivity index (χ1) is 5.74. The van der Waals surface area contributed by atoms with Gasteiger partial charge in [-0.25, -0.2) is 4.39 Å². The van der Waals surface area contributed by atoms with Gasteiger partial charge in [-0.1, -0.05) is 17.7 Å². The Morgan fingerprint density at radius 3 is 2.62 bits per heavy atom. The Hall–Kier alpha value is -0.310. The largest absolute Gasteiger partial charge is 0.330 e. The van der Waals surface area contributed by atoms with Gasteiger partial charge in [0.15, 0.2) is 0 Å². The third-order valence-electron chi connectivity index (χ3n) is 1.67. The Kier molecular flexibility index (Phi) is 6.04. The minimum absolute atomic E-state index is 0. The van der Waals surface area contributed by atoms with Gasteiger partial charge in [0.25, 0.3) is 0 Å². The van der Waals surface area contributed by atoms with Crippen LogP contribution < -0.4 is 5.73 Å². The molecule has 2 N–H and O–H groups in total. The number of hydrogen-bond acceptors (Lipinski definition) is 1. The molecule has 0 amide bonds. The molecule has 0 aromatic heterocycles. The van der Waals surface area contributed by atoms with E-state index in [0.717, 1.165) is 6.42 Å². The first-order valence-corrected chi connectivity index (χ1v) is 4.26. The fourth-order valence-electron chi connectivity index (χ4n) is 1.02. The third-order valence-corrected chi connectivity index (χ3v) is 1.90. The molecule has 0 saturated heterocycles. The Balaban J connectivity index is 0.00000144. The molecule has 0 aliphatic carbocycles. The van der Waals surface area contributed by atoms with Gasteiger partial charge in [-0.05, 0) is 37.1 Å². The van der Waals surface area contributed by atoms with Gasteiger partial charge in [-0.15, -0.1) is 12.4 Å². The Bertz CT molecular complexity index is 266. The number of hydrogen-bond donors (Lipinski definition) is 1. The van der Waals surface area contributed by atoms with Crippen molar-refractivity contribution in [1.82, 2.24) is 0 Å². The van der Waals surface area contributed by atoms with Crippen molar-refractivity contribution in [2.24, 2.45) is 5.73 Å². The van der Waals surface area contributed by atoms with E-state index in [4.69, 9.17) is 17.3 Å². The fraction of sp³-hybridized carbons (Fsp3) is 0.333. The summed E-state index contributed by atoms with van der Waals surface area (Å²) in [6.45, 7) is 0.585. The van der Waals surface area contributed by atoms with Gasteiger partial charge in [-0.3, -0.25) is 0 Å². The SMILES string of the molecule is Cl.NCCCc1ccc(Cl)cc1F. The van der Waals surface area contributed by atoms with Crippen LogP contribution in [0.4, 0.5) is 4.39 Å². The van der Waals surface area contributed by atoms with Gasteiger partial charge < -0.3 is 5.73 Å². The molecule has 0 aliphatic rings. The first kappa shape index (κ1) is 12.7. The number of halogens is 3. The van der Waals surface area contributed by atoms with Crippen LogP contribution >= 0.6 is 24.0 Å². The molecule has 1 aromatic carbocycles. The predicted octanol–water partition coefficient (Wildman–Crippen LogP) is 2.79. The van der Waals surface area contributed by atoms with Crippen LogP contribution in [-0.2, 0) is 6.42 Å². The predicted molar refractivity (Wildman–Crippen MR) is 56.0 cm³/mol. The normalized spacial score (nSPS) is 9.46. The topological polar surface area (TPSA) is 26.0 Å². The lowest BCUT2D eigenvalue weighted by molar-refractivity contribution is 0.605. The molecule has 0 heterocycles. The molecular formula is C9H12Cl2FN. The summed E-state index contributed by atoms with van der Waals surface area (Å²) >= 11 is 5.59. The molecule has 4 heteroatoms. The van der Waals surface area contributed by atoms with Crippen LogP contribution in [0.15, 0.2) is 18.2 Å². The maximum Gasteiger partial charge on any atom is 0.127 e. The quantitative estimate of drug-likeness (QED) is 0.839. The highest BCUT2D eigenvalue weighted by atomic mass is 35.5. The lowest BCUT2D eigenvalue weighted by atomic mass is 10.1. The lowest BCUT2D eigenvalue weighted by Crippen LogP contribution is -2.01. The van der Waals surface area contributed by atoms with Gasteiger partial charge in [0.05, 0.1) is 0 Å². The molecule has 0 atom stereocenters. The number of rotatable bonds is 3. The molecule has 1 aromatic rings. The third kappa shape index (κ3) is 3.94. The number of benzene rings is 1. The van der Waals surface area contributed by atoms with Crippen LogP contribution in [0.3, 0.4) is 0 Å². The highest BCUT2D eigenvalue weighted by molar-refractivity contribution is 6.30. The van der Waals surface area contributed by atoms with Crippen molar-refractivity contribution in [3.63, 3.8) is 0 Å². The van der Waals surface area contributed by atoms with E-state index in [-0.39, 0.29) is 18.2 Å². The second kappa shape index (κ2) is 6.19. The van der Waals surface area contributed by atoms with Crippen molar-refractivity contribution in [2.45, 2.75) is 12.8 Å². The van der Waals surface area contributed by atoms with Crippen molar-refractivity contribution < 1.29 is 4.39 Å². The van der Waals surface area contributed by atoms with Crippen molar-refractivity contribution in [1.29, 1.82) is 0 Å². The van der Waals surface area contributed by atoms with Crippen molar-refractivity contribution in [3.8, 4) is 0 Å². The molecule has 1 nitrogen and oxygen atoms in total. The minimum atomic E-state index is -0.240. The molecule has 13 heavy (non-hydrogen) atoms. The van der Waals surface area contributed by atoms with Gasteiger partial charge in [0.2, 0.25) is 0 Å². The summed E-state index contributed by atoms with van der Waals surface area (Å²) in [4.78, 5) is 0. The van der Waals surface area contributed by atoms with Crippen LogP contribution in [0.25, 0.3) is 0 Å². The lowest BCUT2D eigenvalue weighted by Gasteiger charge is -2.01. The van der Waals surface area contributed by atoms with E-state index in [1.54, 1.807) is 12.1 Å². The van der Waals surface area contributed by atoms with Crippen LogP contribution in [0.5, 0.6) is 0 Å². The number of nitrogens with two attached hydrogens (primary N) is 1. The van der Waals surface area contributed by atoms with Gasteiger partial charge in [0, 0.05) is 5.02 Å². The monoisotopic (exact) mass is 223 g/mol. The average Bonchev–Trinajstić information content (AvgIpc) is 2.03. The molecular weight excluding hydrogens is 212 g/mol.